The maximum absolute atomic E-state index is 12.4. The number of aromatic nitrogens is 1. The molecule has 6 nitrogen and oxygen atoms in total. The molecule has 2 aliphatic rings. The predicted octanol–water partition coefficient (Wildman–Crippen LogP) is 3.86. The van der Waals surface area contributed by atoms with Gasteiger partial charge in [0.05, 0.1) is 18.3 Å². The van der Waals surface area contributed by atoms with Crippen LogP contribution in [0.2, 0.25) is 0 Å². The second kappa shape index (κ2) is 7.34. The Morgan fingerprint density at radius 3 is 2.50 bits per heavy atom. The molecule has 2 aromatic rings. The van der Waals surface area contributed by atoms with Gasteiger partial charge in [0.1, 0.15) is 23.8 Å². The first-order valence-electron chi connectivity index (χ1n) is 9.78. The number of carbonyl (C=O) groups excluding carboxylic acids is 1. The quantitative estimate of drug-likeness (QED) is 0.805. The van der Waals surface area contributed by atoms with Gasteiger partial charge >= 0.3 is 6.09 Å². The number of hydrogen-bond acceptors (Lipinski definition) is 5. The van der Waals surface area contributed by atoms with E-state index in [-0.39, 0.29) is 12.1 Å². The number of benzene rings is 1. The van der Waals surface area contributed by atoms with Gasteiger partial charge in [0, 0.05) is 13.1 Å². The number of likely N-dealkylation sites (tertiary alicyclic amines) is 1. The van der Waals surface area contributed by atoms with Crippen LogP contribution >= 0.6 is 0 Å². The summed E-state index contributed by atoms with van der Waals surface area (Å²) in [5.41, 5.74) is 0.668. The zero-order valence-corrected chi connectivity index (χ0v) is 16.7. The average Bonchev–Trinajstić information content (AvgIpc) is 3.27. The minimum absolute atomic E-state index is 0.190. The molecule has 148 valence electrons. The van der Waals surface area contributed by atoms with Crippen LogP contribution < -0.4 is 9.64 Å². The van der Waals surface area contributed by atoms with Gasteiger partial charge < -0.3 is 19.3 Å². The summed E-state index contributed by atoms with van der Waals surface area (Å²) in [6.07, 6.45) is 2.53. The number of anilines is 1. The maximum atomic E-state index is 12.4. The van der Waals surface area contributed by atoms with Gasteiger partial charge in [-0.05, 0) is 44.9 Å². The molecule has 0 radical (unpaired) electrons. The van der Waals surface area contributed by atoms with E-state index < -0.39 is 5.60 Å². The van der Waals surface area contributed by atoms with Gasteiger partial charge in [0.25, 0.3) is 0 Å². The molecule has 0 aliphatic carbocycles. The van der Waals surface area contributed by atoms with Crippen LogP contribution in [0.1, 0.15) is 32.8 Å². The SMILES string of the molecule is CC(C)(C)OC(=O)N1C[C@@H]2C[C@H]1CN2c1ccc(OCc2ccccc2)cn1. The highest BCUT2D eigenvalue weighted by molar-refractivity contribution is 5.70. The summed E-state index contributed by atoms with van der Waals surface area (Å²) in [6.45, 7) is 7.71. The highest BCUT2D eigenvalue weighted by Crippen LogP contribution is 2.35. The average molecular weight is 381 g/mol. The van der Waals surface area contributed by atoms with Crippen molar-refractivity contribution in [3.05, 3.63) is 54.2 Å². The van der Waals surface area contributed by atoms with E-state index in [1.165, 1.54) is 0 Å². The molecule has 3 heterocycles. The van der Waals surface area contributed by atoms with Crippen LogP contribution in [0.4, 0.5) is 10.6 Å². The number of piperazine rings is 1. The van der Waals surface area contributed by atoms with Crippen molar-refractivity contribution >= 4 is 11.9 Å². The fourth-order valence-corrected chi connectivity index (χ4v) is 3.86. The third-order valence-corrected chi connectivity index (χ3v) is 5.13. The molecule has 4 rings (SSSR count). The van der Waals surface area contributed by atoms with Gasteiger partial charge in [-0.25, -0.2) is 9.78 Å². The van der Waals surface area contributed by atoms with E-state index in [2.05, 4.69) is 9.88 Å². The fraction of sp³-hybridized carbons (Fsp3) is 0.455. The molecule has 1 aromatic heterocycles. The van der Waals surface area contributed by atoms with Crippen LogP contribution in [-0.4, -0.2) is 46.8 Å². The first-order chi connectivity index (χ1) is 13.4. The smallest absolute Gasteiger partial charge is 0.410 e. The summed E-state index contributed by atoms with van der Waals surface area (Å²) in [7, 11) is 0. The molecule has 1 aromatic carbocycles. The standard InChI is InChI=1S/C22H27N3O3/c1-22(2,3)28-21(26)25-14-17-11-18(25)13-24(17)20-10-9-19(12-23-20)27-15-16-7-5-4-6-8-16/h4-10,12,17-18H,11,13-15H2,1-3H3/t17-,18-/m0/s1. The molecule has 0 spiro atoms. The van der Waals surface area contributed by atoms with Crippen LogP contribution in [-0.2, 0) is 11.3 Å². The molecule has 0 unspecified atom stereocenters. The minimum atomic E-state index is -0.463. The van der Waals surface area contributed by atoms with Crippen molar-refractivity contribution in [1.82, 2.24) is 9.88 Å². The number of carbonyl (C=O) groups is 1. The lowest BCUT2D eigenvalue weighted by Gasteiger charge is -2.35. The molecule has 6 heteroatoms. The topological polar surface area (TPSA) is 54.9 Å². The Hall–Kier alpha value is -2.76. The molecule has 2 bridgehead atoms. The van der Waals surface area contributed by atoms with E-state index in [9.17, 15) is 4.79 Å². The zero-order chi connectivity index (χ0) is 19.7. The van der Waals surface area contributed by atoms with Crippen molar-refractivity contribution in [2.75, 3.05) is 18.0 Å². The number of ether oxygens (including phenoxy) is 2. The van der Waals surface area contributed by atoms with Crippen molar-refractivity contribution in [2.45, 2.75) is 51.5 Å². The van der Waals surface area contributed by atoms with Gasteiger partial charge in [0.2, 0.25) is 0 Å². The largest absolute Gasteiger partial charge is 0.487 e. The number of hydrogen-bond donors (Lipinski definition) is 0. The van der Waals surface area contributed by atoms with Crippen LogP contribution in [0.5, 0.6) is 5.75 Å². The summed E-state index contributed by atoms with van der Waals surface area (Å²) in [5.74, 6) is 1.69. The summed E-state index contributed by atoms with van der Waals surface area (Å²) in [4.78, 5) is 21.1. The summed E-state index contributed by atoms with van der Waals surface area (Å²) in [6, 6.07) is 14.5. The van der Waals surface area contributed by atoms with Crippen molar-refractivity contribution in [3.63, 3.8) is 0 Å². The van der Waals surface area contributed by atoms with E-state index >= 15 is 0 Å². The molecule has 2 atom stereocenters. The normalized spacial score (nSPS) is 21.1. The second-order valence-corrected chi connectivity index (χ2v) is 8.45. The zero-order valence-electron chi connectivity index (χ0n) is 16.7. The van der Waals surface area contributed by atoms with Gasteiger partial charge in [-0.15, -0.1) is 0 Å². The Morgan fingerprint density at radius 1 is 1.11 bits per heavy atom. The molecule has 2 aliphatic heterocycles. The van der Waals surface area contributed by atoms with Crippen molar-refractivity contribution in [2.24, 2.45) is 0 Å². The highest BCUT2D eigenvalue weighted by Gasteiger charge is 2.46. The van der Waals surface area contributed by atoms with Crippen LogP contribution in [0.15, 0.2) is 48.7 Å². The Kier molecular flexibility index (Phi) is 4.87. The van der Waals surface area contributed by atoms with Crippen molar-refractivity contribution in [1.29, 1.82) is 0 Å². The Balaban J connectivity index is 1.33. The van der Waals surface area contributed by atoms with E-state index in [4.69, 9.17) is 9.47 Å². The third-order valence-electron chi connectivity index (χ3n) is 5.13. The number of pyridine rings is 1. The molecular formula is C22H27N3O3. The van der Waals surface area contributed by atoms with Gasteiger partial charge in [-0.1, -0.05) is 30.3 Å². The van der Waals surface area contributed by atoms with Crippen LogP contribution in [0.25, 0.3) is 0 Å². The lowest BCUT2D eigenvalue weighted by molar-refractivity contribution is 0.0214. The molecule has 2 saturated heterocycles. The maximum Gasteiger partial charge on any atom is 0.410 e. The number of fused-ring (bicyclic) bond motifs is 2. The monoisotopic (exact) mass is 381 g/mol. The Labute approximate surface area is 166 Å². The van der Waals surface area contributed by atoms with Crippen molar-refractivity contribution < 1.29 is 14.3 Å². The van der Waals surface area contributed by atoms with Gasteiger partial charge in [-0.3, -0.25) is 0 Å². The Morgan fingerprint density at radius 2 is 1.89 bits per heavy atom. The molecule has 1 amide bonds. The molecule has 0 N–H and O–H groups in total. The first kappa shape index (κ1) is 18.6. The van der Waals surface area contributed by atoms with E-state index in [0.29, 0.717) is 19.2 Å². The lowest BCUT2D eigenvalue weighted by atomic mass is 10.2. The highest BCUT2D eigenvalue weighted by atomic mass is 16.6. The van der Waals surface area contributed by atoms with Crippen LogP contribution in [0.3, 0.4) is 0 Å². The second-order valence-electron chi connectivity index (χ2n) is 8.45. The first-order valence-corrected chi connectivity index (χ1v) is 9.78. The lowest BCUT2D eigenvalue weighted by Crippen LogP contribution is -2.50. The fourth-order valence-electron chi connectivity index (χ4n) is 3.86. The number of nitrogens with zero attached hydrogens (tertiary/aromatic N) is 3. The van der Waals surface area contributed by atoms with E-state index in [0.717, 1.165) is 30.1 Å². The molecule has 28 heavy (non-hydrogen) atoms. The molecule has 2 fully saturated rings. The van der Waals surface area contributed by atoms with E-state index in [1.807, 2.05) is 68.1 Å². The Bertz CT molecular complexity index is 817. The summed E-state index contributed by atoms with van der Waals surface area (Å²) >= 11 is 0. The van der Waals surface area contributed by atoms with E-state index in [1.54, 1.807) is 6.20 Å². The van der Waals surface area contributed by atoms with Gasteiger partial charge in [-0.2, -0.15) is 0 Å². The van der Waals surface area contributed by atoms with Crippen molar-refractivity contribution in [3.8, 4) is 5.75 Å². The third kappa shape index (κ3) is 4.06. The predicted molar refractivity (Wildman–Crippen MR) is 107 cm³/mol. The summed E-state index contributed by atoms with van der Waals surface area (Å²) < 4.78 is 11.3. The molecular weight excluding hydrogens is 354 g/mol. The molecule has 0 saturated carbocycles. The number of amides is 1. The van der Waals surface area contributed by atoms with Gasteiger partial charge in [0.15, 0.2) is 0 Å². The number of rotatable bonds is 4. The summed E-state index contributed by atoms with van der Waals surface area (Å²) in [5, 5.41) is 0. The minimum Gasteiger partial charge on any atom is -0.487 e. The van der Waals surface area contributed by atoms with Crippen LogP contribution in [0, 0.1) is 0 Å².